The van der Waals surface area contributed by atoms with Gasteiger partial charge >= 0.3 is 0 Å². The summed E-state index contributed by atoms with van der Waals surface area (Å²) in [4.78, 5) is 11.4. The van der Waals surface area contributed by atoms with Gasteiger partial charge < -0.3 is 5.21 Å². The first-order valence-corrected chi connectivity index (χ1v) is 4.14. The Balaban J connectivity index is 2.57. The number of nitrogens with zero attached hydrogens (tertiary/aromatic N) is 1. The molecular weight excluding hydrogens is 190 g/mol. The number of halogens is 1. The van der Waals surface area contributed by atoms with Gasteiger partial charge in [-0.3, -0.25) is 4.79 Å². The third kappa shape index (κ3) is 1.21. The summed E-state index contributed by atoms with van der Waals surface area (Å²) in [5, 5.41) is 12.0. The Morgan fingerprint density at radius 3 is 2.92 bits per heavy atom. The second-order valence-electron chi connectivity index (χ2n) is 2.85. The topological polar surface area (TPSA) is 49.7 Å². The van der Waals surface area contributed by atoms with Crippen LogP contribution in [0.4, 0.5) is 0 Å². The number of hydrogen-bond donors (Lipinski definition) is 1. The summed E-state index contributed by atoms with van der Waals surface area (Å²) in [6, 6.07) is 5.08. The summed E-state index contributed by atoms with van der Waals surface area (Å²) in [7, 11) is 0. The molecule has 1 aromatic rings. The number of fused-ring (bicyclic) bond motifs is 1. The number of hydrogen-bond acceptors (Lipinski definition) is 3. The largest absolute Gasteiger partial charge is 0.411 e. The monoisotopic (exact) mass is 195 g/mol. The number of rotatable bonds is 0. The maximum Gasteiger partial charge on any atom is 0.211 e. The molecule has 0 saturated carbocycles. The van der Waals surface area contributed by atoms with Crippen LogP contribution in [0, 0.1) is 0 Å². The maximum atomic E-state index is 11.4. The van der Waals surface area contributed by atoms with Crippen molar-refractivity contribution in [1.82, 2.24) is 0 Å². The van der Waals surface area contributed by atoms with Crippen LogP contribution in [0.1, 0.15) is 15.9 Å². The minimum Gasteiger partial charge on any atom is -0.411 e. The molecule has 1 aliphatic rings. The van der Waals surface area contributed by atoms with Crippen LogP contribution in [0.2, 0.25) is 5.02 Å². The van der Waals surface area contributed by atoms with Gasteiger partial charge in [-0.05, 0) is 17.7 Å². The zero-order valence-corrected chi connectivity index (χ0v) is 7.38. The van der Waals surface area contributed by atoms with Gasteiger partial charge in [-0.1, -0.05) is 22.8 Å². The fourth-order valence-corrected chi connectivity index (χ4v) is 1.58. The Bertz CT molecular complexity index is 412. The maximum absolute atomic E-state index is 11.4. The fourth-order valence-electron chi connectivity index (χ4n) is 1.41. The molecule has 1 aromatic carbocycles. The number of carbonyl (C=O) groups excluding carboxylic acids is 1. The first-order chi connectivity index (χ1) is 6.22. The third-order valence-electron chi connectivity index (χ3n) is 2.06. The average Bonchev–Trinajstić information content (AvgIpc) is 2.44. The average molecular weight is 196 g/mol. The van der Waals surface area contributed by atoms with Gasteiger partial charge in [0, 0.05) is 17.0 Å². The second kappa shape index (κ2) is 2.85. The van der Waals surface area contributed by atoms with Gasteiger partial charge in [-0.25, -0.2) is 0 Å². The molecule has 0 heterocycles. The molecule has 4 heteroatoms. The lowest BCUT2D eigenvalue weighted by Crippen LogP contribution is -2.06. The van der Waals surface area contributed by atoms with E-state index < -0.39 is 0 Å². The summed E-state index contributed by atoms with van der Waals surface area (Å²) in [5.41, 5.74) is 1.58. The van der Waals surface area contributed by atoms with Crippen molar-refractivity contribution in [1.29, 1.82) is 0 Å². The normalized spacial score (nSPS) is 17.9. The zero-order valence-electron chi connectivity index (χ0n) is 6.62. The van der Waals surface area contributed by atoms with Crippen molar-refractivity contribution < 1.29 is 10.0 Å². The summed E-state index contributed by atoms with van der Waals surface area (Å²) >= 11 is 5.72. The highest BCUT2D eigenvalue weighted by atomic mass is 35.5. The van der Waals surface area contributed by atoms with Gasteiger partial charge in [-0.15, -0.1) is 0 Å². The van der Waals surface area contributed by atoms with Crippen LogP contribution in [0.15, 0.2) is 23.4 Å². The molecule has 0 atom stereocenters. The van der Waals surface area contributed by atoms with Gasteiger partial charge in [-0.2, -0.15) is 0 Å². The van der Waals surface area contributed by atoms with E-state index in [9.17, 15) is 4.79 Å². The predicted octanol–water partition coefficient (Wildman–Crippen LogP) is 1.91. The fraction of sp³-hybridized carbons (Fsp3) is 0.111. The van der Waals surface area contributed by atoms with Crippen molar-refractivity contribution in [3.05, 3.63) is 34.3 Å². The molecule has 66 valence electrons. The van der Waals surface area contributed by atoms with Crippen molar-refractivity contribution in [2.75, 3.05) is 0 Å². The summed E-state index contributed by atoms with van der Waals surface area (Å²) in [6.45, 7) is 0. The number of oxime groups is 1. The van der Waals surface area contributed by atoms with Crippen molar-refractivity contribution in [3.63, 3.8) is 0 Å². The highest BCUT2D eigenvalue weighted by molar-refractivity contribution is 6.49. The lowest BCUT2D eigenvalue weighted by Gasteiger charge is -1.94. The molecule has 2 rings (SSSR count). The van der Waals surface area contributed by atoms with Gasteiger partial charge in [0.25, 0.3) is 0 Å². The molecule has 0 aliphatic heterocycles. The van der Waals surface area contributed by atoms with Gasteiger partial charge in [0.2, 0.25) is 5.78 Å². The van der Waals surface area contributed by atoms with Crippen LogP contribution in [-0.2, 0) is 6.42 Å². The van der Waals surface area contributed by atoms with Gasteiger partial charge in [0.15, 0.2) is 0 Å². The van der Waals surface area contributed by atoms with E-state index in [1.165, 1.54) is 0 Å². The third-order valence-corrected chi connectivity index (χ3v) is 2.29. The van der Waals surface area contributed by atoms with Crippen LogP contribution in [-0.4, -0.2) is 16.7 Å². The lowest BCUT2D eigenvalue weighted by atomic mass is 10.1. The minimum atomic E-state index is -0.236. The van der Waals surface area contributed by atoms with Crippen LogP contribution in [0.25, 0.3) is 0 Å². The minimum absolute atomic E-state index is 0.178. The number of carbonyl (C=O) groups is 1. The highest BCUT2D eigenvalue weighted by Crippen LogP contribution is 2.23. The molecule has 1 aliphatic carbocycles. The Labute approximate surface area is 79.6 Å². The van der Waals surface area contributed by atoms with E-state index in [2.05, 4.69) is 5.16 Å². The molecule has 1 N–H and O–H groups in total. The quantitative estimate of drug-likeness (QED) is 0.508. The highest BCUT2D eigenvalue weighted by Gasteiger charge is 2.26. The first kappa shape index (κ1) is 8.26. The van der Waals surface area contributed by atoms with Crippen LogP contribution in [0.5, 0.6) is 0 Å². The van der Waals surface area contributed by atoms with E-state index in [-0.39, 0.29) is 11.5 Å². The Kier molecular flexibility index (Phi) is 1.81. The van der Waals surface area contributed by atoms with E-state index in [1.54, 1.807) is 18.2 Å². The van der Waals surface area contributed by atoms with Crippen LogP contribution >= 0.6 is 11.6 Å². The molecule has 0 spiro atoms. The Morgan fingerprint density at radius 2 is 2.23 bits per heavy atom. The van der Waals surface area contributed by atoms with Crippen molar-refractivity contribution in [2.45, 2.75) is 6.42 Å². The van der Waals surface area contributed by atoms with E-state index in [1.807, 2.05) is 0 Å². The first-order valence-electron chi connectivity index (χ1n) is 3.76. The molecule has 13 heavy (non-hydrogen) atoms. The molecule has 0 saturated heterocycles. The Morgan fingerprint density at radius 1 is 1.46 bits per heavy atom. The summed E-state index contributed by atoms with van der Waals surface area (Å²) < 4.78 is 0. The van der Waals surface area contributed by atoms with Crippen LogP contribution < -0.4 is 0 Å². The molecule has 0 radical (unpaired) electrons. The van der Waals surface area contributed by atoms with E-state index in [4.69, 9.17) is 16.8 Å². The van der Waals surface area contributed by atoms with Crippen molar-refractivity contribution >= 4 is 23.1 Å². The molecular formula is C9H6ClNO2. The molecule has 0 bridgehead atoms. The van der Waals surface area contributed by atoms with E-state index in [0.29, 0.717) is 17.0 Å². The SMILES string of the molecule is O=C1/C(=N\O)Cc2ccc(Cl)cc21. The van der Waals surface area contributed by atoms with Crippen molar-refractivity contribution in [3.8, 4) is 0 Å². The van der Waals surface area contributed by atoms with Gasteiger partial charge in [0.05, 0.1) is 0 Å². The summed E-state index contributed by atoms with van der Waals surface area (Å²) in [6.07, 6.45) is 0.391. The zero-order chi connectivity index (χ0) is 9.42. The molecule has 0 aromatic heterocycles. The molecule has 0 unspecified atom stereocenters. The lowest BCUT2D eigenvalue weighted by molar-refractivity contribution is 0.106. The molecule has 0 fully saturated rings. The standard InChI is InChI=1S/C9H6ClNO2/c10-6-2-1-5-3-8(11-13)9(12)7(5)4-6/h1-2,4,13H,3H2/b11-8-. The van der Waals surface area contributed by atoms with E-state index >= 15 is 0 Å². The van der Waals surface area contributed by atoms with Crippen molar-refractivity contribution in [2.24, 2.45) is 5.16 Å². The molecule has 3 nitrogen and oxygen atoms in total. The Hall–Kier alpha value is -1.35. The van der Waals surface area contributed by atoms with Gasteiger partial charge in [0.1, 0.15) is 5.71 Å². The summed E-state index contributed by atoms with van der Waals surface area (Å²) in [5.74, 6) is -0.236. The van der Waals surface area contributed by atoms with Crippen LogP contribution in [0.3, 0.4) is 0 Å². The second-order valence-corrected chi connectivity index (χ2v) is 3.29. The number of Topliss-reactive ketones (excluding diaryl/α,β-unsaturated/α-hetero) is 1. The predicted molar refractivity (Wildman–Crippen MR) is 48.7 cm³/mol. The number of benzene rings is 1. The van der Waals surface area contributed by atoms with E-state index in [0.717, 1.165) is 5.56 Å². The number of ketones is 1. The molecule has 0 amide bonds. The smallest absolute Gasteiger partial charge is 0.211 e.